The zero-order valence-corrected chi connectivity index (χ0v) is 12.9. The molecule has 0 aromatic heterocycles. The summed E-state index contributed by atoms with van der Waals surface area (Å²) in [5.41, 5.74) is 0. The summed E-state index contributed by atoms with van der Waals surface area (Å²) in [4.78, 5) is 13.4. The average Bonchev–Trinajstić information content (AvgIpc) is 2.77. The Labute approximate surface area is 123 Å². The van der Waals surface area contributed by atoms with Crippen molar-refractivity contribution in [1.29, 1.82) is 0 Å². The van der Waals surface area contributed by atoms with E-state index in [0.29, 0.717) is 6.42 Å². The Morgan fingerprint density at radius 3 is 1.85 bits per heavy atom. The number of hydrogen-bond acceptors (Lipinski definition) is 3. The monoisotopic (exact) mass is 285 g/mol. The highest BCUT2D eigenvalue weighted by atomic mass is 16.3. The van der Waals surface area contributed by atoms with Crippen LogP contribution in [0.4, 0.5) is 0 Å². The molecule has 0 saturated carbocycles. The van der Waals surface area contributed by atoms with E-state index in [1.807, 2.05) is 0 Å². The van der Waals surface area contributed by atoms with E-state index in [1.165, 1.54) is 44.9 Å². The fourth-order valence-electron chi connectivity index (χ4n) is 2.72. The Bertz CT molecular complexity index is 260. The van der Waals surface area contributed by atoms with Gasteiger partial charge in [-0.05, 0) is 6.42 Å². The molecule has 1 heterocycles. The Morgan fingerprint density at radius 2 is 1.35 bits per heavy atom. The second kappa shape index (κ2) is 10.2. The van der Waals surface area contributed by atoms with Crippen molar-refractivity contribution in [2.45, 2.75) is 83.3 Å². The Hall–Kier alpha value is -0.610. The first-order valence-corrected chi connectivity index (χ1v) is 8.29. The van der Waals surface area contributed by atoms with Gasteiger partial charge in [0.15, 0.2) is 0 Å². The Morgan fingerprint density at radius 1 is 0.900 bits per heavy atom. The molecule has 20 heavy (non-hydrogen) atoms. The number of nitrogens with zero attached hydrogens (tertiary/aromatic N) is 1. The van der Waals surface area contributed by atoms with Crippen molar-refractivity contribution in [2.24, 2.45) is 0 Å². The number of likely N-dealkylation sites (tertiary alicyclic amines) is 1. The van der Waals surface area contributed by atoms with Crippen LogP contribution in [0.3, 0.4) is 0 Å². The van der Waals surface area contributed by atoms with Gasteiger partial charge in [0.05, 0.1) is 12.2 Å². The van der Waals surface area contributed by atoms with Crippen LogP contribution < -0.4 is 0 Å². The van der Waals surface area contributed by atoms with Gasteiger partial charge in [-0.15, -0.1) is 0 Å². The van der Waals surface area contributed by atoms with Gasteiger partial charge in [-0.3, -0.25) is 4.79 Å². The van der Waals surface area contributed by atoms with Crippen molar-refractivity contribution in [3.63, 3.8) is 0 Å². The third kappa shape index (κ3) is 6.71. The lowest BCUT2D eigenvalue weighted by molar-refractivity contribution is -0.130. The van der Waals surface area contributed by atoms with Gasteiger partial charge >= 0.3 is 0 Å². The van der Waals surface area contributed by atoms with Crippen molar-refractivity contribution < 1.29 is 15.0 Å². The van der Waals surface area contributed by atoms with E-state index in [9.17, 15) is 15.0 Å². The van der Waals surface area contributed by atoms with E-state index in [0.717, 1.165) is 12.8 Å². The number of aliphatic hydroxyl groups is 2. The van der Waals surface area contributed by atoms with Crippen molar-refractivity contribution in [3.8, 4) is 0 Å². The number of amides is 1. The van der Waals surface area contributed by atoms with Crippen LogP contribution in [0.2, 0.25) is 0 Å². The zero-order chi connectivity index (χ0) is 14.8. The smallest absolute Gasteiger partial charge is 0.222 e. The average molecular weight is 285 g/mol. The fourth-order valence-corrected chi connectivity index (χ4v) is 2.72. The Kier molecular flexibility index (Phi) is 8.86. The number of aliphatic hydroxyl groups excluding tert-OH is 2. The lowest BCUT2D eigenvalue weighted by Crippen LogP contribution is -2.29. The van der Waals surface area contributed by atoms with Gasteiger partial charge in [0.2, 0.25) is 5.91 Å². The van der Waals surface area contributed by atoms with Crippen LogP contribution in [-0.4, -0.2) is 46.3 Å². The minimum Gasteiger partial charge on any atom is -0.388 e. The molecule has 0 bridgehead atoms. The normalized spacial score (nSPS) is 22.4. The lowest BCUT2D eigenvalue weighted by Gasteiger charge is -2.14. The quantitative estimate of drug-likeness (QED) is 0.606. The van der Waals surface area contributed by atoms with Crippen LogP contribution in [0.5, 0.6) is 0 Å². The Balaban J connectivity index is 1.92. The summed E-state index contributed by atoms with van der Waals surface area (Å²) in [5, 5.41) is 18.8. The van der Waals surface area contributed by atoms with Gasteiger partial charge < -0.3 is 15.1 Å². The van der Waals surface area contributed by atoms with E-state index in [-0.39, 0.29) is 19.0 Å². The topological polar surface area (TPSA) is 60.8 Å². The van der Waals surface area contributed by atoms with Gasteiger partial charge in [-0.1, -0.05) is 58.3 Å². The van der Waals surface area contributed by atoms with Gasteiger partial charge in [-0.2, -0.15) is 0 Å². The van der Waals surface area contributed by atoms with Gasteiger partial charge in [-0.25, -0.2) is 0 Å². The summed E-state index contributed by atoms with van der Waals surface area (Å²) >= 11 is 0. The van der Waals surface area contributed by atoms with Gasteiger partial charge in [0, 0.05) is 19.5 Å². The highest BCUT2D eigenvalue weighted by Gasteiger charge is 2.31. The third-order valence-electron chi connectivity index (χ3n) is 4.11. The minimum atomic E-state index is -0.762. The predicted octanol–water partition coefficient (Wildman–Crippen LogP) is 2.47. The first kappa shape index (κ1) is 17.4. The molecule has 1 fully saturated rings. The van der Waals surface area contributed by atoms with Crippen molar-refractivity contribution >= 4 is 5.91 Å². The number of rotatable bonds is 10. The van der Waals surface area contributed by atoms with Crippen molar-refractivity contribution in [2.75, 3.05) is 13.1 Å². The van der Waals surface area contributed by atoms with E-state index in [1.54, 1.807) is 4.90 Å². The summed E-state index contributed by atoms with van der Waals surface area (Å²) in [5.74, 6) is 0.0727. The molecule has 2 N–H and O–H groups in total. The molecule has 118 valence electrons. The first-order chi connectivity index (χ1) is 9.65. The molecule has 1 aliphatic heterocycles. The summed E-state index contributed by atoms with van der Waals surface area (Å²) in [6, 6.07) is 0. The van der Waals surface area contributed by atoms with Crippen LogP contribution in [0.1, 0.15) is 71.1 Å². The molecular formula is C16H31NO3. The lowest BCUT2D eigenvalue weighted by atomic mass is 10.1. The minimum absolute atomic E-state index is 0.0727. The van der Waals surface area contributed by atoms with E-state index >= 15 is 0 Å². The van der Waals surface area contributed by atoms with Gasteiger partial charge in [0.1, 0.15) is 0 Å². The maximum atomic E-state index is 11.8. The maximum absolute atomic E-state index is 11.8. The van der Waals surface area contributed by atoms with E-state index in [2.05, 4.69) is 6.92 Å². The standard InChI is InChI=1S/C16H31NO3/c1-2-3-4-5-6-7-8-9-10-11-16(20)17-12-14(18)15(19)13-17/h14-15,18-19H,2-13H2,1H3/t14-,15+. The largest absolute Gasteiger partial charge is 0.388 e. The highest BCUT2D eigenvalue weighted by molar-refractivity contribution is 5.76. The van der Waals surface area contributed by atoms with Crippen molar-refractivity contribution in [3.05, 3.63) is 0 Å². The molecular weight excluding hydrogens is 254 g/mol. The SMILES string of the molecule is CCCCCCCCCCCC(=O)N1C[C@@H](O)[C@@H](O)C1. The van der Waals surface area contributed by atoms with Crippen LogP contribution in [-0.2, 0) is 4.79 Å². The molecule has 0 aromatic carbocycles. The molecule has 4 heteroatoms. The fraction of sp³-hybridized carbons (Fsp3) is 0.938. The molecule has 0 unspecified atom stereocenters. The van der Waals surface area contributed by atoms with Crippen LogP contribution in [0.15, 0.2) is 0 Å². The number of hydrogen-bond donors (Lipinski definition) is 2. The second-order valence-electron chi connectivity index (χ2n) is 6.01. The summed E-state index contributed by atoms with van der Waals surface area (Å²) < 4.78 is 0. The van der Waals surface area contributed by atoms with E-state index in [4.69, 9.17) is 0 Å². The van der Waals surface area contributed by atoms with Crippen LogP contribution >= 0.6 is 0 Å². The van der Waals surface area contributed by atoms with Crippen LogP contribution in [0, 0.1) is 0 Å². The number of carbonyl (C=O) groups is 1. The van der Waals surface area contributed by atoms with Crippen molar-refractivity contribution in [1.82, 2.24) is 4.90 Å². The molecule has 1 aliphatic rings. The molecule has 1 rings (SSSR count). The molecule has 0 radical (unpaired) electrons. The molecule has 0 aromatic rings. The molecule has 2 atom stereocenters. The summed E-state index contributed by atoms with van der Waals surface area (Å²) in [6.45, 7) is 2.81. The summed E-state index contributed by atoms with van der Waals surface area (Å²) in [7, 11) is 0. The first-order valence-electron chi connectivity index (χ1n) is 8.29. The van der Waals surface area contributed by atoms with Crippen LogP contribution in [0.25, 0.3) is 0 Å². The maximum Gasteiger partial charge on any atom is 0.222 e. The molecule has 1 saturated heterocycles. The molecule has 4 nitrogen and oxygen atoms in total. The van der Waals surface area contributed by atoms with E-state index < -0.39 is 12.2 Å². The highest BCUT2D eigenvalue weighted by Crippen LogP contribution is 2.14. The number of unbranched alkanes of at least 4 members (excludes halogenated alkanes) is 8. The molecule has 1 amide bonds. The number of carbonyl (C=O) groups excluding carboxylic acids is 1. The predicted molar refractivity (Wildman–Crippen MR) is 80.4 cm³/mol. The zero-order valence-electron chi connectivity index (χ0n) is 12.9. The summed E-state index contributed by atoms with van der Waals surface area (Å²) in [6.07, 6.45) is 10.2. The third-order valence-corrected chi connectivity index (χ3v) is 4.11. The van der Waals surface area contributed by atoms with Gasteiger partial charge in [0.25, 0.3) is 0 Å². The second-order valence-corrected chi connectivity index (χ2v) is 6.01. The number of β-amino-alcohol motifs (C(OH)–C–C–N with tert-alkyl or cyclic N) is 2. The molecule has 0 aliphatic carbocycles. The molecule has 0 spiro atoms.